The van der Waals surface area contributed by atoms with Crippen LogP contribution in [0.15, 0.2) is 24.3 Å². The Labute approximate surface area is 169 Å². The first kappa shape index (κ1) is 20.9. The molecule has 0 saturated carbocycles. The van der Waals surface area contributed by atoms with E-state index in [1.165, 1.54) is 0 Å². The SMILES string of the molecule is O=C1OC(=O)[C@H]2C3C=C[C@@H](O3)C12.OCC1[C@@H](CO)C2C=C[C@H]1O2.[AlH3].[H-].[Li+]. The van der Waals surface area contributed by atoms with Crippen molar-refractivity contribution in [2.24, 2.45) is 23.7 Å². The van der Waals surface area contributed by atoms with Crippen LogP contribution in [-0.2, 0) is 23.8 Å². The summed E-state index contributed by atoms with van der Waals surface area (Å²) in [7, 11) is 0. The van der Waals surface area contributed by atoms with Crippen LogP contribution >= 0.6 is 0 Å². The molecule has 0 radical (unpaired) electrons. The molecule has 0 spiro atoms. The zero-order valence-electron chi connectivity index (χ0n) is 14.3. The number of hydrogen-bond acceptors (Lipinski definition) is 7. The van der Waals surface area contributed by atoms with E-state index in [1.807, 2.05) is 24.3 Å². The Bertz CT molecular complexity index is 555. The fourth-order valence-electron chi connectivity index (χ4n) is 4.05. The number of fused-ring (bicyclic) bond motifs is 7. The van der Waals surface area contributed by atoms with Crippen LogP contribution in [0.5, 0.6) is 0 Å². The van der Waals surface area contributed by atoms with E-state index in [0.29, 0.717) is 0 Å². The van der Waals surface area contributed by atoms with Gasteiger partial charge >= 0.3 is 30.8 Å². The van der Waals surface area contributed by atoms with Gasteiger partial charge in [0, 0.05) is 25.0 Å². The molecule has 4 bridgehead atoms. The van der Waals surface area contributed by atoms with Crippen LogP contribution in [0.4, 0.5) is 0 Å². The minimum Gasteiger partial charge on any atom is -1.00 e. The van der Waals surface area contributed by atoms with E-state index in [0.717, 1.165) is 0 Å². The fourth-order valence-corrected chi connectivity index (χ4v) is 4.05. The van der Waals surface area contributed by atoms with E-state index in [4.69, 9.17) is 19.7 Å². The molecule has 2 N–H and O–H groups in total. The predicted octanol–water partition coefficient (Wildman–Crippen LogP) is -4.89. The molecular weight excluding hydrogens is 338 g/mol. The molecule has 0 aromatic heterocycles. The maximum absolute atomic E-state index is 11.1. The molecule has 5 aliphatic rings. The zero-order valence-corrected chi connectivity index (χ0v) is 13.3. The van der Waals surface area contributed by atoms with Gasteiger partial charge in [0.25, 0.3) is 0 Å². The first-order chi connectivity index (χ1) is 11.1. The number of hydrogen-bond donors (Lipinski definition) is 2. The maximum atomic E-state index is 11.1. The van der Waals surface area contributed by atoms with Gasteiger partial charge in [-0.3, -0.25) is 9.59 Å². The third kappa shape index (κ3) is 3.32. The third-order valence-electron chi connectivity index (χ3n) is 5.27. The van der Waals surface area contributed by atoms with Gasteiger partial charge in [0.1, 0.15) is 11.8 Å². The molecule has 5 aliphatic heterocycles. The molecule has 0 amide bonds. The molecule has 0 aliphatic carbocycles. The average Bonchev–Trinajstić information content (AvgIpc) is 3.33. The summed E-state index contributed by atoms with van der Waals surface area (Å²) in [5, 5.41) is 17.9. The van der Waals surface area contributed by atoms with Gasteiger partial charge in [0.05, 0.1) is 24.4 Å². The minimum atomic E-state index is -0.429. The van der Waals surface area contributed by atoms with Gasteiger partial charge in [-0.25, -0.2) is 0 Å². The van der Waals surface area contributed by atoms with Crippen molar-refractivity contribution in [3.05, 3.63) is 24.3 Å². The van der Waals surface area contributed by atoms with Gasteiger partial charge in [-0.15, -0.1) is 0 Å². The predicted molar refractivity (Wildman–Crippen MR) is 85.9 cm³/mol. The van der Waals surface area contributed by atoms with E-state index in [9.17, 15) is 9.59 Å². The fraction of sp³-hybridized carbons (Fsp3) is 0.625. The second kappa shape index (κ2) is 8.08. The molecule has 0 aromatic carbocycles. The van der Waals surface area contributed by atoms with Gasteiger partial charge in [-0.05, 0) is 0 Å². The summed E-state index contributed by atoms with van der Waals surface area (Å²) in [5.41, 5.74) is 0. The minimum absolute atomic E-state index is 0. The number of esters is 2. The van der Waals surface area contributed by atoms with Crippen molar-refractivity contribution in [1.82, 2.24) is 0 Å². The van der Waals surface area contributed by atoms with Crippen LogP contribution < -0.4 is 18.9 Å². The van der Waals surface area contributed by atoms with Crippen molar-refractivity contribution < 1.29 is 54.3 Å². The summed E-state index contributed by atoms with van der Waals surface area (Å²) in [5.74, 6) is -1.38. The van der Waals surface area contributed by atoms with Gasteiger partial charge in [-0.2, -0.15) is 0 Å². The number of rotatable bonds is 2. The molecule has 3 fully saturated rings. The zero-order chi connectivity index (χ0) is 16.1. The van der Waals surface area contributed by atoms with Crippen molar-refractivity contribution >= 4 is 29.3 Å². The number of ether oxygens (including phenoxy) is 3. The number of carbonyl (C=O) groups excluding carboxylic acids is 2. The number of aliphatic hydroxyl groups excluding tert-OH is 2. The second-order valence-corrected chi connectivity index (χ2v) is 6.38. The summed E-state index contributed by atoms with van der Waals surface area (Å²) in [6.45, 7) is 0.216. The quantitative estimate of drug-likeness (QED) is 0.220. The number of cyclic esters (lactones) is 2. The molecule has 8 atom stereocenters. The molecule has 132 valence electrons. The monoisotopic (exact) mass is 360 g/mol. The van der Waals surface area contributed by atoms with Crippen molar-refractivity contribution in [2.45, 2.75) is 24.4 Å². The molecule has 7 nitrogen and oxygen atoms in total. The summed E-state index contributed by atoms with van der Waals surface area (Å²) in [4.78, 5) is 22.2. The molecule has 25 heavy (non-hydrogen) atoms. The molecule has 5 rings (SSSR count). The molecule has 5 heterocycles. The van der Waals surface area contributed by atoms with E-state index < -0.39 is 11.9 Å². The van der Waals surface area contributed by atoms with Gasteiger partial charge < -0.3 is 25.9 Å². The van der Waals surface area contributed by atoms with Gasteiger partial charge in [0.15, 0.2) is 17.4 Å². The van der Waals surface area contributed by atoms with Crippen LogP contribution in [0.25, 0.3) is 0 Å². The molecular formula is C16H22AlLiO7. The Morgan fingerprint density at radius 3 is 1.56 bits per heavy atom. The Morgan fingerprint density at radius 1 is 0.800 bits per heavy atom. The number of carbonyl (C=O) groups is 2. The Kier molecular flexibility index (Phi) is 6.76. The second-order valence-electron chi connectivity index (χ2n) is 6.38. The topological polar surface area (TPSA) is 102 Å². The van der Waals surface area contributed by atoms with Crippen LogP contribution in [0.3, 0.4) is 0 Å². The summed E-state index contributed by atoms with van der Waals surface area (Å²) < 4.78 is 15.3. The standard InChI is InChI=1S/C8H6O4.C8H12O3.Al.Li.4H/c9-7-5-3-1-2-4(11-3)6(5)8(10)12-7;9-3-5-6(4-10)8-2-1-7(5)11-8;;;;;;/h1-6H;1-2,5-10H,3-4H2;;;;;;/q;;;+1;;;;-1/t3-,4?,5?,6+;5-,6?,7?,8-;;;;;;/m11....../s1. The van der Waals surface area contributed by atoms with Crippen molar-refractivity contribution in [3.63, 3.8) is 0 Å². The summed E-state index contributed by atoms with van der Waals surface area (Å²) >= 11 is 0. The van der Waals surface area contributed by atoms with E-state index in [2.05, 4.69) is 4.74 Å². The van der Waals surface area contributed by atoms with Gasteiger partial charge in [0.2, 0.25) is 0 Å². The molecule has 4 unspecified atom stereocenters. The van der Waals surface area contributed by atoms with Crippen LogP contribution in [0, 0.1) is 23.7 Å². The number of aliphatic hydroxyl groups is 2. The molecule has 9 heteroatoms. The average molecular weight is 360 g/mol. The van der Waals surface area contributed by atoms with Crippen LogP contribution in [-0.4, -0.2) is 77.1 Å². The Morgan fingerprint density at radius 2 is 1.16 bits per heavy atom. The van der Waals surface area contributed by atoms with Crippen molar-refractivity contribution in [3.8, 4) is 0 Å². The third-order valence-corrected chi connectivity index (χ3v) is 5.27. The Hall–Kier alpha value is -0.410. The smallest absolute Gasteiger partial charge is 1.00 e. The van der Waals surface area contributed by atoms with E-state index in [-0.39, 0.29) is 98.9 Å². The molecule has 3 saturated heterocycles. The maximum Gasteiger partial charge on any atom is 1.00 e. The Balaban J connectivity index is 0.000000234. The van der Waals surface area contributed by atoms with Gasteiger partial charge in [-0.1, -0.05) is 24.3 Å². The first-order valence-electron chi connectivity index (χ1n) is 7.79. The van der Waals surface area contributed by atoms with Crippen LogP contribution in [0.1, 0.15) is 1.43 Å². The normalized spacial score (nSPS) is 43.9. The van der Waals surface area contributed by atoms with E-state index >= 15 is 0 Å². The van der Waals surface area contributed by atoms with Crippen molar-refractivity contribution in [2.75, 3.05) is 13.2 Å². The molecule has 0 aromatic rings. The van der Waals surface area contributed by atoms with E-state index in [1.54, 1.807) is 0 Å². The van der Waals surface area contributed by atoms with Crippen molar-refractivity contribution in [1.29, 1.82) is 0 Å². The first-order valence-corrected chi connectivity index (χ1v) is 7.79. The van der Waals surface area contributed by atoms with Crippen LogP contribution in [0.2, 0.25) is 0 Å². The summed E-state index contributed by atoms with van der Waals surface area (Å²) in [6, 6.07) is 0. The largest absolute Gasteiger partial charge is 1.00 e. The summed E-state index contributed by atoms with van der Waals surface area (Å²) in [6.07, 6.45) is 7.23.